The molecule has 0 radical (unpaired) electrons. The smallest absolute Gasteiger partial charge is 0.191 e. The van der Waals surface area contributed by atoms with Gasteiger partial charge in [0.1, 0.15) is 0 Å². The van der Waals surface area contributed by atoms with E-state index >= 15 is 0 Å². The summed E-state index contributed by atoms with van der Waals surface area (Å²) in [4.78, 5) is 6.84. The van der Waals surface area contributed by atoms with Crippen LogP contribution in [0.2, 0.25) is 0 Å². The summed E-state index contributed by atoms with van der Waals surface area (Å²) in [5, 5.41) is 11.2. The molecule has 162 valence electrons. The molecular formula is C22H37IN6. The number of aromatic nitrogens is 2. The molecule has 0 aliphatic carbocycles. The van der Waals surface area contributed by atoms with Gasteiger partial charge in [-0.3, -0.25) is 9.67 Å². The van der Waals surface area contributed by atoms with Crippen molar-refractivity contribution in [2.45, 2.75) is 52.7 Å². The van der Waals surface area contributed by atoms with Crippen molar-refractivity contribution in [3.8, 4) is 0 Å². The second-order valence-corrected chi connectivity index (χ2v) is 7.16. The Hall–Kier alpha value is -1.61. The topological polar surface area (TPSA) is 57.5 Å². The largest absolute Gasteiger partial charge is 0.354 e. The SMILES string of the molecule is CCN(CC)CCCC(C)NC(=NC)NCc1cccc(Cn2cccn2)c1.I. The zero-order valence-electron chi connectivity index (χ0n) is 18.3. The molecule has 1 unspecified atom stereocenters. The van der Waals surface area contributed by atoms with Gasteiger partial charge in [-0.1, -0.05) is 38.1 Å². The van der Waals surface area contributed by atoms with Gasteiger partial charge in [0.15, 0.2) is 5.96 Å². The Labute approximate surface area is 193 Å². The quantitative estimate of drug-likeness (QED) is 0.274. The third kappa shape index (κ3) is 9.62. The average molecular weight is 512 g/mol. The van der Waals surface area contributed by atoms with Crippen LogP contribution in [-0.4, -0.2) is 53.4 Å². The lowest BCUT2D eigenvalue weighted by Gasteiger charge is -2.21. The van der Waals surface area contributed by atoms with Gasteiger partial charge in [-0.25, -0.2) is 0 Å². The number of benzene rings is 1. The number of nitrogens with zero attached hydrogens (tertiary/aromatic N) is 4. The fourth-order valence-electron chi connectivity index (χ4n) is 3.27. The van der Waals surface area contributed by atoms with Crippen molar-refractivity contribution in [2.24, 2.45) is 4.99 Å². The Morgan fingerprint density at radius 3 is 2.62 bits per heavy atom. The first-order valence-electron chi connectivity index (χ1n) is 10.4. The molecule has 1 aromatic carbocycles. The minimum atomic E-state index is 0. The highest BCUT2D eigenvalue weighted by molar-refractivity contribution is 14.0. The lowest BCUT2D eigenvalue weighted by molar-refractivity contribution is 0.292. The number of hydrogen-bond acceptors (Lipinski definition) is 3. The summed E-state index contributed by atoms with van der Waals surface area (Å²) in [5.74, 6) is 0.854. The summed E-state index contributed by atoms with van der Waals surface area (Å²) in [7, 11) is 1.83. The van der Waals surface area contributed by atoms with E-state index in [9.17, 15) is 0 Å². The first kappa shape index (κ1) is 25.4. The number of guanidine groups is 1. The molecule has 1 aromatic heterocycles. The average Bonchev–Trinajstić information content (AvgIpc) is 3.21. The first-order valence-corrected chi connectivity index (χ1v) is 10.4. The van der Waals surface area contributed by atoms with Crippen molar-refractivity contribution in [1.82, 2.24) is 25.3 Å². The van der Waals surface area contributed by atoms with E-state index in [1.54, 1.807) is 0 Å². The second kappa shape index (κ2) is 14.4. The van der Waals surface area contributed by atoms with E-state index in [4.69, 9.17) is 0 Å². The molecule has 0 bridgehead atoms. The van der Waals surface area contributed by atoms with Crippen molar-refractivity contribution in [1.29, 1.82) is 0 Å². The Morgan fingerprint density at radius 2 is 1.97 bits per heavy atom. The van der Waals surface area contributed by atoms with Crippen molar-refractivity contribution in [2.75, 3.05) is 26.7 Å². The first-order chi connectivity index (χ1) is 13.6. The zero-order chi connectivity index (χ0) is 20.2. The Kier molecular flexibility index (Phi) is 12.6. The Morgan fingerprint density at radius 1 is 1.21 bits per heavy atom. The molecule has 2 N–H and O–H groups in total. The molecule has 1 atom stereocenters. The molecule has 0 saturated heterocycles. The van der Waals surface area contributed by atoms with E-state index in [0.717, 1.165) is 45.1 Å². The summed E-state index contributed by atoms with van der Waals surface area (Å²) >= 11 is 0. The second-order valence-electron chi connectivity index (χ2n) is 7.16. The molecule has 0 saturated carbocycles. The lowest BCUT2D eigenvalue weighted by atomic mass is 10.1. The molecule has 2 rings (SSSR count). The van der Waals surface area contributed by atoms with Crippen molar-refractivity contribution in [3.63, 3.8) is 0 Å². The summed E-state index contributed by atoms with van der Waals surface area (Å²) < 4.78 is 1.94. The molecule has 29 heavy (non-hydrogen) atoms. The monoisotopic (exact) mass is 512 g/mol. The molecule has 6 nitrogen and oxygen atoms in total. The fourth-order valence-corrected chi connectivity index (χ4v) is 3.27. The Bertz CT molecular complexity index is 697. The van der Waals surface area contributed by atoms with Crippen LogP contribution < -0.4 is 10.6 Å². The standard InChI is InChI=1S/C22H36N6.HI/c1-5-27(6-2)14-8-10-19(3)26-22(23-4)24-17-20-11-7-12-21(16-20)18-28-15-9-13-25-28;/h7,9,11-13,15-16,19H,5-6,8,10,14,17-18H2,1-4H3,(H2,23,24,26);1H. The van der Waals surface area contributed by atoms with E-state index < -0.39 is 0 Å². The third-order valence-corrected chi connectivity index (χ3v) is 4.97. The molecule has 0 spiro atoms. The number of hydrogen-bond donors (Lipinski definition) is 2. The molecular weight excluding hydrogens is 475 g/mol. The fraction of sp³-hybridized carbons (Fsp3) is 0.545. The van der Waals surface area contributed by atoms with E-state index in [-0.39, 0.29) is 24.0 Å². The molecule has 1 heterocycles. The molecule has 0 fully saturated rings. The number of rotatable bonds is 11. The van der Waals surface area contributed by atoms with Crippen molar-refractivity contribution < 1.29 is 0 Å². The minimum Gasteiger partial charge on any atom is -0.354 e. The van der Waals surface area contributed by atoms with Crippen LogP contribution in [0.1, 0.15) is 44.7 Å². The van der Waals surface area contributed by atoms with Crippen LogP contribution in [0.5, 0.6) is 0 Å². The maximum atomic E-state index is 4.37. The molecule has 2 aromatic rings. The molecule has 0 aliphatic heterocycles. The predicted octanol–water partition coefficient (Wildman–Crippen LogP) is 3.72. The highest BCUT2D eigenvalue weighted by Gasteiger charge is 2.07. The molecule has 0 aliphatic rings. The maximum Gasteiger partial charge on any atom is 0.191 e. The van der Waals surface area contributed by atoms with Crippen molar-refractivity contribution in [3.05, 3.63) is 53.9 Å². The zero-order valence-corrected chi connectivity index (χ0v) is 20.6. The van der Waals surface area contributed by atoms with E-state index in [0.29, 0.717) is 6.04 Å². The van der Waals surface area contributed by atoms with Gasteiger partial charge in [-0.15, -0.1) is 24.0 Å². The van der Waals surface area contributed by atoms with Crippen molar-refractivity contribution >= 4 is 29.9 Å². The van der Waals surface area contributed by atoms with Gasteiger partial charge in [-0.05, 0) is 56.6 Å². The van der Waals surface area contributed by atoms with E-state index in [1.165, 1.54) is 17.5 Å². The number of nitrogens with one attached hydrogen (secondary N) is 2. The lowest BCUT2D eigenvalue weighted by Crippen LogP contribution is -2.42. The van der Waals surface area contributed by atoms with Gasteiger partial charge >= 0.3 is 0 Å². The van der Waals surface area contributed by atoms with Gasteiger partial charge < -0.3 is 15.5 Å². The predicted molar refractivity (Wildman–Crippen MR) is 133 cm³/mol. The third-order valence-electron chi connectivity index (χ3n) is 4.97. The summed E-state index contributed by atoms with van der Waals surface area (Å²) in [6, 6.07) is 10.9. The van der Waals surface area contributed by atoms with Gasteiger partial charge in [0.25, 0.3) is 0 Å². The highest BCUT2D eigenvalue weighted by atomic mass is 127. The van der Waals surface area contributed by atoms with Crippen LogP contribution in [0, 0.1) is 0 Å². The normalized spacial score (nSPS) is 12.5. The molecule has 0 amide bonds. The minimum absolute atomic E-state index is 0. The Balaban J connectivity index is 0.00000420. The van der Waals surface area contributed by atoms with Crippen LogP contribution in [0.3, 0.4) is 0 Å². The van der Waals surface area contributed by atoms with Gasteiger partial charge in [-0.2, -0.15) is 5.10 Å². The molecule has 7 heteroatoms. The van der Waals surface area contributed by atoms with Crippen LogP contribution >= 0.6 is 24.0 Å². The van der Waals surface area contributed by atoms with Crippen LogP contribution in [0.25, 0.3) is 0 Å². The number of halogens is 1. The maximum absolute atomic E-state index is 4.37. The number of aliphatic imine (C=N–C) groups is 1. The summed E-state index contributed by atoms with van der Waals surface area (Å²) in [5.41, 5.74) is 2.48. The highest BCUT2D eigenvalue weighted by Crippen LogP contribution is 2.07. The van der Waals surface area contributed by atoms with Crippen LogP contribution in [0.15, 0.2) is 47.7 Å². The van der Waals surface area contributed by atoms with Gasteiger partial charge in [0, 0.05) is 32.0 Å². The van der Waals surface area contributed by atoms with Crippen LogP contribution in [0.4, 0.5) is 0 Å². The van der Waals surface area contributed by atoms with Gasteiger partial charge in [0.2, 0.25) is 0 Å². The van der Waals surface area contributed by atoms with Gasteiger partial charge in [0.05, 0.1) is 6.54 Å². The summed E-state index contributed by atoms with van der Waals surface area (Å²) in [6.07, 6.45) is 6.13. The summed E-state index contributed by atoms with van der Waals surface area (Å²) in [6.45, 7) is 11.6. The van der Waals surface area contributed by atoms with E-state index in [2.05, 4.69) is 70.7 Å². The van der Waals surface area contributed by atoms with E-state index in [1.807, 2.05) is 30.2 Å². The van der Waals surface area contributed by atoms with Crippen LogP contribution in [-0.2, 0) is 13.1 Å².